The lowest BCUT2D eigenvalue weighted by atomic mass is 10.1. The molecular weight excluding hydrogens is 380 g/mol. The monoisotopic (exact) mass is 404 g/mol. The minimum absolute atomic E-state index is 0.115. The molecule has 3 aromatic carbocycles. The summed E-state index contributed by atoms with van der Waals surface area (Å²) in [7, 11) is 0. The molecule has 3 rings (SSSR count). The van der Waals surface area contributed by atoms with Crippen LogP contribution in [0.5, 0.6) is 5.75 Å². The van der Waals surface area contributed by atoms with E-state index in [9.17, 15) is 9.59 Å². The van der Waals surface area contributed by atoms with Gasteiger partial charge in [0, 0.05) is 12.1 Å². The number of nitrogens with two attached hydrogens (primary N) is 1. The molecule has 0 fully saturated rings. The summed E-state index contributed by atoms with van der Waals surface area (Å²) in [6, 6.07) is 24.2. The molecule has 3 N–H and O–H groups in total. The number of hydrogen-bond donors (Lipinski definition) is 2. The first-order valence-corrected chi connectivity index (χ1v) is 9.59. The Morgan fingerprint density at radius 3 is 2.20 bits per heavy atom. The fourth-order valence-corrected chi connectivity index (χ4v) is 2.81. The van der Waals surface area contributed by atoms with Crippen molar-refractivity contribution in [3.8, 4) is 5.75 Å². The minimum Gasteiger partial charge on any atom is -0.484 e. The van der Waals surface area contributed by atoms with E-state index in [1.165, 1.54) is 0 Å². The topological polar surface area (TPSA) is 90.7 Å². The number of carbonyl (C=O) groups is 2. The second-order valence-corrected chi connectivity index (χ2v) is 6.75. The summed E-state index contributed by atoms with van der Waals surface area (Å²) in [5, 5.41) is 2.83. The molecule has 0 unspecified atom stereocenters. The Balaban J connectivity index is 1.41. The summed E-state index contributed by atoms with van der Waals surface area (Å²) < 4.78 is 11.2. The summed E-state index contributed by atoms with van der Waals surface area (Å²) in [6.45, 7) is 1.34. The minimum atomic E-state index is -0.507. The Morgan fingerprint density at radius 2 is 1.47 bits per heavy atom. The van der Waals surface area contributed by atoms with E-state index in [-0.39, 0.29) is 12.5 Å². The standard InChI is InChI=1S/C24H24N2O4/c25-24(28)21-9-11-22(12-10-21)30-17-23(27)26-14-19-7-4-8-20(13-19)16-29-15-18-5-2-1-3-6-18/h1-13H,14-17H2,(H2,25,28)(H,26,27). The van der Waals surface area contributed by atoms with Gasteiger partial charge in [-0.15, -0.1) is 0 Å². The molecule has 6 nitrogen and oxygen atoms in total. The largest absolute Gasteiger partial charge is 0.484 e. The van der Waals surface area contributed by atoms with Gasteiger partial charge in [0.05, 0.1) is 13.2 Å². The first-order chi connectivity index (χ1) is 14.6. The SMILES string of the molecule is NC(=O)c1ccc(OCC(=O)NCc2cccc(COCc3ccccc3)c2)cc1. The molecule has 30 heavy (non-hydrogen) atoms. The van der Waals surface area contributed by atoms with Gasteiger partial charge in [0.15, 0.2) is 6.61 Å². The predicted octanol–water partition coefficient (Wildman–Crippen LogP) is 3.20. The number of primary amides is 1. The van der Waals surface area contributed by atoms with E-state index >= 15 is 0 Å². The van der Waals surface area contributed by atoms with Gasteiger partial charge in [-0.3, -0.25) is 9.59 Å². The third-order valence-corrected chi connectivity index (χ3v) is 4.37. The van der Waals surface area contributed by atoms with Crippen molar-refractivity contribution in [2.24, 2.45) is 5.73 Å². The van der Waals surface area contributed by atoms with E-state index in [2.05, 4.69) is 5.32 Å². The fraction of sp³-hybridized carbons (Fsp3) is 0.167. The molecule has 6 heteroatoms. The van der Waals surface area contributed by atoms with E-state index in [0.717, 1.165) is 16.7 Å². The predicted molar refractivity (Wildman–Crippen MR) is 114 cm³/mol. The lowest BCUT2D eigenvalue weighted by molar-refractivity contribution is -0.123. The van der Waals surface area contributed by atoms with Crippen molar-refractivity contribution in [2.75, 3.05) is 6.61 Å². The van der Waals surface area contributed by atoms with Crippen molar-refractivity contribution in [1.29, 1.82) is 0 Å². The Bertz CT molecular complexity index is 972. The highest BCUT2D eigenvalue weighted by molar-refractivity contribution is 5.92. The van der Waals surface area contributed by atoms with Crippen LogP contribution in [0, 0.1) is 0 Å². The first kappa shape index (κ1) is 21.1. The molecule has 0 aromatic heterocycles. The average molecular weight is 404 g/mol. The van der Waals surface area contributed by atoms with Crippen LogP contribution in [0.2, 0.25) is 0 Å². The molecule has 0 radical (unpaired) electrons. The highest BCUT2D eigenvalue weighted by Crippen LogP contribution is 2.12. The zero-order valence-corrected chi connectivity index (χ0v) is 16.5. The lowest BCUT2D eigenvalue weighted by Crippen LogP contribution is -2.28. The number of ether oxygens (including phenoxy) is 2. The molecule has 0 atom stereocenters. The number of amides is 2. The van der Waals surface area contributed by atoms with E-state index in [4.69, 9.17) is 15.2 Å². The van der Waals surface area contributed by atoms with Crippen LogP contribution >= 0.6 is 0 Å². The van der Waals surface area contributed by atoms with Crippen LogP contribution in [-0.2, 0) is 29.3 Å². The number of carbonyl (C=O) groups excluding carboxylic acids is 2. The molecule has 0 saturated heterocycles. The molecule has 0 aliphatic heterocycles. The average Bonchev–Trinajstić information content (AvgIpc) is 2.77. The van der Waals surface area contributed by atoms with Gasteiger partial charge in [0.1, 0.15) is 5.75 Å². The lowest BCUT2D eigenvalue weighted by Gasteiger charge is -2.09. The Morgan fingerprint density at radius 1 is 0.800 bits per heavy atom. The van der Waals surface area contributed by atoms with E-state index in [1.807, 2.05) is 54.6 Å². The van der Waals surface area contributed by atoms with Crippen LogP contribution < -0.4 is 15.8 Å². The Hall–Kier alpha value is -3.64. The summed E-state index contributed by atoms with van der Waals surface area (Å²) in [5.41, 5.74) is 8.74. The molecule has 2 amide bonds. The molecule has 154 valence electrons. The van der Waals surface area contributed by atoms with Crippen molar-refractivity contribution < 1.29 is 19.1 Å². The van der Waals surface area contributed by atoms with Crippen LogP contribution in [0.4, 0.5) is 0 Å². The maximum Gasteiger partial charge on any atom is 0.258 e. The van der Waals surface area contributed by atoms with Gasteiger partial charge in [0.25, 0.3) is 5.91 Å². The third kappa shape index (κ3) is 6.76. The van der Waals surface area contributed by atoms with Gasteiger partial charge < -0.3 is 20.5 Å². The second-order valence-electron chi connectivity index (χ2n) is 6.75. The highest BCUT2D eigenvalue weighted by Gasteiger charge is 2.05. The van der Waals surface area contributed by atoms with Crippen molar-refractivity contribution in [3.63, 3.8) is 0 Å². The quantitative estimate of drug-likeness (QED) is 0.543. The van der Waals surface area contributed by atoms with Crippen LogP contribution in [0.1, 0.15) is 27.0 Å². The van der Waals surface area contributed by atoms with Crippen LogP contribution in [0.15, 0.2) is 78.9 Å². The normalized spacial score (nSPS) is 10.4. The molecule has 3 aromatic rings. The molecule has 0 heterocycles. The van der Waals surface area contributed by atoms with Gasteiger partial charge in [0.2, 0.25) is 5.91 Å². The number of hydrogen-bond acceptors (Lipinski definition) is 4. The summed E-state index contributed by atoms with van der Waals surface area (Å²) in [5.74, 6) is -0.251. The molecule has 0 aliphatic rings. The Kier molecular flexibility index (Phi) is 7.58. The number of nitrogens with one attached hydrogen (secondary N) is 1. The fourth-order valence-electron chi connectivity index (χ4n) is 2.81. The van der Waals surface area contributed by atoms with Crippen molar-refractivity contribution in [3.05, 3.63) is 101 Å². The molecule has 0 bridgehead atoms. The zero-order chi connectivity index (χ0) is 21.2. The van der Waals surface area contributed by atoms with Gasteiger partial charge in [-0.1, -0.05) is 54.6 Å². The summed E-state index contributed by atoms with van der Waals surface area (Å²) in [6.07, 6.45) is 0. The van der Waals surface area contributed by atoms with Crippen molar-refractivity contribution >= 4 is 11.8 Å². The van der Waals surface area contributed by atoms with Gasteiger partial charge in [-0.2, -0.15) is 0 Å². The van der Waals surface area contributed by atoms with Crippen LogP contribution in [0.25, 0.3) is 0 Å². The smallest absolute Gasteiger partial charge is 0.258 e. The molecule has 0 aliphatic carbocycles. The summed E-state index contributed by atoms with van der Waals surface area (Å²) >= 11 is 0. The molecule has 0 spiro atoms. The van der Waals surface area contributed by atoms with Gasteiger partial charge in [-0.05, 0) is 41.0 Å². The van der Waals surface area contributed by atoms with Gasteiger partial charge >= 0.3 is 0 Å². The number of rotatable bonds is 10. The molecule has 0 saturated carbocycles. The van der Waals surface area contributed by atoms with E-state index < -0.39 is 5.91 Å². The third-order valence-electron chi connectivity index (χ3n) is 4.37. The number of benzene rings is 3. The second kappa shape index (κ2) is 10.8. The summed E-state index contributed by atoms with van der Waals surface area (Å²) in [4.78, 5) is 23.1. The maximum absolute atomic E-state index is 12.0. The zero-order valence-electron chi connectivity index (χ0n) is 16.5. The molecular formula is C24H24N2O4. The van der Waals surface area contributed by atoms with Crippen molar-refractivity contribution in [2.45, 2.75) is 19.8 Å². The maximum atomic E-state index is 12.0. The highest BCUT2D eigenvalue weighted by atomic mass is 16.5. The van der Waals surface area contributed by atoms with Crippen LogP contribution in [-0.4, -0.2) is 18.4 Å². The van der Waals surface area contributed by atoms with E-state index in [1.54, 1.807) is 24.3 Å². The van der Waals surface area contributed by atoms with E-state index in [0.29, 0.717) is 31.1 Å². The van der Waals surface area contributed by atoms with Crippen LogP contribution in [0.3, 0.4) is 0 Å². The Labute approximate surface area is 175 Å². The van der Waals surface area contributed by atoms with Gasteiger partial charge in [-0.25, -0.2) is 0 Å². The first-order valence-electron chi connectivity index (χ1n) is 9.59. The van der Waals surface area contributed by atoms with Crippen molar-refractivity contribution in [1.82, 2.24) is 5.32 Å².